The summed E-state index contributed by atoms with van der Waals surface area (Å²) in [5.74, 6) is 0.0555. The van der Waals surface area contributed by atoms with E-state index in [9.17, 15) is 4.79 Å². The summed E-state index contributed by atoms with van der Waals surface area (Å²) in [6.45, 7) is 6.35. The monoisotopic (exact) mass is 309 g/mol. The summed E-state index contributed by atoms with van der Waals surface area (Å²) < 4.78 is 5.25. The van der Waals surface area contributed by atoms with Crippen molar-refractivity contribution >= 4 is 17.0 Å². The van der Waals surface area contributed by atoms with E-state index in [1.54, 1.807) is 0 Å². The molecule has 0 unspecified atom stereocenters. The van der Waals surface area contributed by atoms with Gasteiger partial charge in [-0.25, -0.2) is 4.98 Å². The number of carbonyl (C=O) groups excluding carboxylic acids is 1. The van der Waals surface area contributed by atoms with Gasteiger partial charge in [-0.3, -0.25) is 4.79 Å². The largest absolute Gasteiger partial charge is 0.348 e. The zero-order valence-electron chi connectivity index (χ0n) is 13.5. The van der Waals surface area contributed by atoms with Crippen LogP contribution in [0.3, 0.4) is 0 Å². The van der Waals surface area contributed by atoms with Gasteiger partial charge in [-0.15, -0.1) is 0 Å². The molecule has 0 spiro atoms. The number of carbonyl (C=O) groups is 1. The molecule has 0 aliphatic rings. The number of nitrogens with one attached hydrogen (secondary N) is 1. The third-order valence-corrected chi connectivity index (χ3v) is 3.77. The predicted molar refractivity (Wildman–Crippen MR) is 88.2 cm³/mol. The van der Waals surface area contributed by atoms with Crippen molar-refractivity contribution in [2.45, 2.75) is 33.2 Å². The van der Waals surface area contributed by atoms with Gasteiger partial charge >= 0.3 is 0 Å². The molecule has 0 saturated heterocycles. The van der Waals surface area contributed by atoms with Gasteiger partial charge in [0, 0.05) is 12.2 Å². The molecule has 0 fully saturated rings. The van der Waals surface area contributed by atoms with Crippen LogP contribution in [0.25, 0.3) is 11.1 Å². The van der Waals surface area contributed by atoms with Crippen LogP contribution in [0.4, 0.5) is 0 Å². The highest BCUT2D eigenvalue weighted by Gasteiger charge is 2.19. The first-order valence-electron chi connectivity index (χ1n) is 7.65. The standard InChI is InChI=1S/C18H19N3O2/c1-11(2)15-9-14(16-12(3)21-23-18(16)20-15)17(22)19-10-13-7-5-4-6-8-13/h4-9,11H,10H2,1-3H3,(H,19,22). The number of benzene rings is 1. The second-order valence-corrected chi connectivity index (χ2v) is 5.87. The van der Waals surface area contributed by atoms with E-state index < -0.39 is 0 Å². The molecule has 1 amide bonds. The lowest BCUT2D eigenvalue weighted by molar-refractivity contribution is 0.0952. The number of fused-ring (bicyclic) bond motifs is 1. The SMILES string of the molecule is Cc1noc2nc(C(C)C)cc(C(=O)NCc3ccccc3)c12. The molecule has 23 heavy (non-hydrogen) atoms. The van der Waals surface area contributed by atoms with E-state index in [1.165, 1.54) is 0 Å². The van der Waals surface area contributed by atoms with Gasteiger partial charge in [0.15, 0.2) is 0 Å². The normalized spacial score (nSPS) is 11.1. The molecule has 1 N–H and O–H groups in total. The fourth-order valence-corrected chi connectivity index (χ4v) is 2.46. The molecule has 0 radical (unpaired) electrons. The second-order valence-electron chi connectivity index (χ2n) is 5.87. The highest BCUT2D eigenvalue weighted by Crippen LogP contribution is 2.25. The van der Waals surface area contributed by atoms with Crippen LogP contribution >= 0.6 is 0 Å². The zero-order chi connectivity index (χ0) is 16.4. The molecule has 2 heterocycles. The molecular weight excluding hydrogens is 290 g/mol. The predicted octanol–water partition coefficient (Wildman–Crippen LogP) is 3.58. The third-order valence-electron chi connectivity index (χ3n) is 3.77. The van der Waals surface area contributed by atoms with E-state index in [1.807, 2.05) is 57.2 Å². The maximum Gasteiger partial charge on any atom is 0.259 e. The maximum absolute atomic E-state index is 12.6. The van der Waals surface area contributed by atoms with Gasteiger partial charge < -0.3 is 9.84 Å². The van der Waals surface area contributed by atoms with Gasteiger partial charge in [-0.2, -0.15) is 0 Å². The van der Waals surface area contributed by atoms with Crippen molar-refractivity contribution < 1.29 is 9.32 Å². The van der Waals surface area contributed by atoms with Crippen LogP contribution in [0.1, 0.15) is 47.1 Å². The van der Waals surface area contributed by atoms with Crippen LogP contribution < -0.4 is 5.32 Å². The Balaban J connectivity index is 1.94. The molecular formula is C18H19N3O2. The summed E-state index contributed by atoms with van der Waals surface area (Å²) in [5.41, 5.74) is 3.52. The molecule has 0 aliphatic heterocycles. The van der Waals surface area contributed by atoms with Gasteiger partial charge in [0.1, 0.15) is 0 Å². The van der Waals surface area contributed by atoms with E-state index in [-0.39, 0.29) is 11.8 Å². The van der Waals surface area contributed by atoms with Gasteiger partial charge in [-0.05, 0) is 24.5 Å². The van der Waals surface area contributed by atoms with Crippen LogP contribution in [0.2, 0.25) is 0 Å². The van der Waals surface area contributed by atoms with Crippen molar-refractivity contribution in [1.29, 1.82) is 0 Å². The Morgan fingerprint density at radius 3 is 2.70 bits per heavy atom. The number of hydrogen-bond acceptors (Lipinski definition) is 4. The van der Waals surface area contributed by atoms with Crippen molar-refractivity contribution in [2.24, 2.45) is 0 Å². The summed E-state index contributed by atoms with van der Waals surface area (Å²) >= 11 is 0. The Labute approximate surface area is 134 Å². The van der Waals surface area contributed by atoms with Gasteiger partial charge in [0.2, 0.25) is 0 Å². The highest BCUT2D eigenvalue weighted by atomic mass is 16.5. The first kappa shape index (κ1) is 15.2. The van der Waals surface area contributed by atoms with Crippen LogP contribution in [-0.2, 0) is 6.54 Å². The molecule has 3 rings (SSSR count). The summed E-state index contributed by atoms with van der Waals surface area (Å²) in [5, 5.41) is 7.57. The number of amides is 1. The Morgan fingerprint density at radius 1 is 1.26 bits per heavy atom. The Bertz CT molecular complexity index is 838. The maximum atomic E-state index is 12.6. The smallest absolute Gasteiger partial charge is 0.259 e. The molecule has 3 aromatic rings. The molecule has 118 valence electrons. The number of nitrogens with zero attached hydrogens (tertiary/aromatic N) is 2. The van der Waals surface area contributed by atoms with Crippen molar-refractivity contribution in [2.75, 3.05) is 0 Å². The molecule has 0 saturated carbocycles. The first-order valence-corrected chi connectivity index (χ1v) is 7.65. The first-order chi connectivity index (χ1) is 11.1. The Hall–Kier alpha value is -2.69. The summed E-state index contributed by atoms with van der Waals surface area (Å²) in [4.78, 5) is 17.1. The van der Waals surface area contributed by atoms with E-state index in [2.05, 4.69) is 15.5 Å². The van der Waals surface area contributed by atoms with Crippen LogP contribution in [0.15, 0.2) is 40.9 Å². The number of aromatic nitrogens is 2. The van der Waals surface area contributed by atoms with Crippen molar-refractivity contribution in [3.8, 4) is 0 Å². The molecule has 0 aliphatic carbocycles. The van der Waals surface area contributed by atoms with Crippen LogP contribution in [0.5, 0.6) is 0 Å². The molecule has 1 aromatic carbocycles. The van der Waals surface area contributed by atoms with Crippen molar-refractivity contribution in [3.05, 3.63) is 58.9 Å². The van der Waals surface area contributed by atoms with Gasteiger partial charge in [0.05, 0.1) is 16.6 Å². The second kappa shape index (κ2) is 6.20. The number of aryl methyl sites for hydroxylation is 1. The van der Waals surface area contributed by atoms with Gasteiger partial charge in [-0.1, -0.05) is 49.3 Å². The molecule has 0 atom stereocenters. The Morgan fingerprint density at radius 2 is 2.00 bits per heavy atom. The van der Waals surface area contributed by atoms with E-state index in [4.69, 9.17) is 4.52 Å². The average molecular weight is 309 g/mol. The molecule has 0 bridgehead atoms. The number of rotatable bonds is 4. The third kappa shape index (κ3) is 3.08. The average Bonchev–Trinajstić information content (AvgIpc) is 2.94. The minimum atomic E-state index is -0.144. The lowest BCUT2D eigenvalue weighted by Crippen LogP contribution is -2.23. The fraction of sp³-hybridized carbons (Fsp3) is 0.278. The minimum absolute atomic E-state index is 0.144. The minimum Gasteiger partial charge on any atom is -0.348 e. The van der Waals surface area contributed by atoms with Crippen molar-refractivity contribution in [3.63, 3.8) is 0 Å². The van der Waals surface area contributed by atoms with Crippen LogP contribution in [0, 0.1) is 6.92 Å². The molecule has 2 aromatic heterocycles. The number of pyridine rings is 1. The highest BCUT2D eigenvalue weighted by molar-refractivity contribution is 6.06. The van der Waals surface area contributed by atoms with Gasteiger partial charge in [0.25, 0.3) is 11.6 Å². The number of hydrogen-bond donors (Lipinski definition) is 1. The fourth-order valence-electron chi connectivity index (χ4n) is 2.46. The lowest BCUT2D eigenvalue weighted by atomic mass is 10.0. The molecule has 5 heteroatoms. The summed E-state index contributed by atoms with van der Waals surface area (Å²) in [6.07, 6.45) is 0. The quantitative estimate of drug-likeness (QED) is 0.799. The summed E-state index contributed by atoms with van der Waals surface area (Å²) in [6, 6.07) is 11.6. The lowest BCUT2D eigenvalue weighted by Gasteiger charge is -2.09. The van der Waals surface area contributed by atoms with E-state index in [0.29, 0.717) is 28.9 Å². The van der Waals surface area contributed by atoms with Crippen molar-refractivity contribution in [1.82, 2.24) is 15.5 Å². The Kier molecular flexibility index (Phi) is 4.10. The zero-order valence-corrected chi connectivity index (χ0v) is 13.5. The van der Waals surface area contributed by atoms with Crippen LogP contribution in [-0.4, -0.2) is 16.0 Å². The van der Waals surface area contributed by atoms with E-state index in [0.717, 1.165) is 11.3 Å². The molecule has 5 nitrogen and oxygen atoms in total. The topological polar surface area (TPSA) is 68.0 Å². The summed E-state index contributed by atoms with van der Waals surface area (Å²) in [7, 11) is 0. The van der Waals surface area contributed by atoms with E-state index >= 15 is 0 Å².